The van der Waals surface area contributed by atoms with E-state index in [1.54, 1.807) is 11.0 Å². The molecule has 24 heavy (non-hydrogen) atoms. The van der Waals surface area contributed by atoms with Gasteiger partial charge in [0.1, 0.15) is 6.54 Å². The molecule has 128 valence electrons. The third-order valence-corrected chi connectivity index (χ3v) is 4.92. The second kappa shape index (κ2) is 6.73. The number of para-hydroxylation sites is 1. The number of hydrogen-bond acceptors (Lipinski definition) is 4. The van der Waals surface area contributed by atoms with Crippen LogP contribution in [0.15, 0.2) is 29.3 Å². The number of carbonyl (C=O) groups excluding carboxylic acids is 1. The van der Waals surface area contributed by atoms with E-state index in [9.17, 15) is 14.7 Å². The van der Waals surface area contributed by atoms with E-state index in [-0.39, 0.29) is 36.6 Å². The summed E-state index contributed by atoms with van der Waals surface area (Å²) in [7, 11) is 0. The van der Waals surface area contributed by atoms with Gasteiger partial charge in [0.05, 0.1) is 17.2 Å². The normalized spacial score (nSPS) is 21.2. The van der Waals surface area contributed by atoms with E-state index in [0.29, 0.717) is 17.4 Å². The zero-order valence-electron chi connectivity index (χ0n) is 14.1. The maximum Gasteiger partial charge on any atom is 0.261 e. The molecule has 0 aliphatic carbocycles. The monoisotopic (exact) mass is 329 g/mol. The Labute approximate surface area is 140 Å². The Morgan fingerprint density at radius 1 is 1.38 bits per heavy atom. The highest BCUT2D eigenvalue weighted by Crippen LogP contribution is 2.21. The smallest absolute Gasteiger partial charge is 0.261 e. The van der Waals surface area contributed by atoms with Gasteiger partial charge in [-0.3, -0.25) is 14.2 Å². The van der Waals surface area contributed by atoms with Crippen molar-refractivity contribution >= 4 is 16.8 Å². The summed E-state index contributed by atoms with van der Waals surface area (Å²) >= 11 is 0. The molecule has 6 heteroatoms. The van der Waals surface area contributed by atoms with E-state index in [4.69, 9.17) is 0 Å². The van der Waals surface area contributed by atoms with E-state index in [2.05, 4.69) is 4.98 Å². The molecule has 2 heterocycles. The van der Waals surface area contributed by atoms with E-state index >= 15 is 0 Å². The molecule has 2 aromatic rings. The molecule has 1 aliphatic heterocycles. The highest BCUT2D eigenvalue weighted by molar-refractivity contribution is 5.81. The molecule has 1 amide bonds. The van der Waals surface area contributed by atoms with Crippen molar-refractivity contribution in [2.75, 3.05) is 13.2 Å². The number of fused-ring (bicyclic) bond motifs is 1. The lowest BCUT2D eigenvalue weighted by atomic mass is 9.94. The number of aryl methyl sites for hydroxylation is 1. The zero-order chi connectivity index (χ0) is 17.3. The third-order valence-electron chi connectivity index (χ3n) is 4.92. The van der Waals surface area contributed by atoms with E-state index in [1.165, 1.54) is 10.9 Å². The first kappa shape index (κ1) is 16.6. The number of rotatable bonds is 3. The van der Waals surface area contributed by atoms with Crippen LogP contribution in [0.5, 0.6) is 0 Å². The van der Waals surface area contributed by atoms with Crippen LogP contribution in [0.25, 0.3) is 10.9 Å². The summed E-state index contributed by atoms with van der Waals surface area (Å²) in [5.74, 6) is 0.0239. The van der Waals surface area contributed by atoms with E-state index in [1.807, 2.05) is 26.0 Å². The maximum absolute atomic E-state index is 12.7. The van der Waals surface area contributed by atoms with E-state index < -0.39 is 0 Å². The quantitative estimate of drug-likeness (QED) is 0.922. The topological polar surface area (TPSA) is 75.4 Å². The second-order valence-electron chi connectivity index (χ2n) is 6.67. The number of likely N-dealkylation sites (tertiary alicyclic amines) is 1. The van der Waals surface area contributed by atoms with Gasteiger partial charge in [-0.15, -0.1) is 0 Å². The zero-order valence-corrected chi connectivity index (χ0v) is 14.1. The van der Waals surface area contributed by atoms with Gasteiger partial charge in [-0.1, -0.05) is 12.1 Å². The number of hydrogen-bond donors (Lipinski definition) is 1. The number of aliphatic hydroxyl groups excluding tert-OH is 1. The molecule has 1 aromatic carbocycles. The van der Waals surface area contributed by atoms with Crippen LogP contribution in [0, 0.1) is 12.8 Å². The van der Waals surface area contributed by atoms with Gasteiger partial charge in [-0.2, -0.15) is 0 Å². The first-order chi connectivity index (χ1) is 11.5. The number of aliphatic hydroxyl groups is 1. The molecule has 2 atom stereocenters. The summed E-state index contributed by atoms with van der Waals surface area (Å²) < 4.78 is 1.37. The van der Waals surface area contributed by atoms with Gasteiger partial charge in [0.25, 0.3) is 5.56 Å². The Morgan fingerprint density at radius 2 is 2.17 bits per heavy atom. The number of benzene rings is 1. The van der Waals surface area contributed by atoms with Gasteiger partial charge < -0.3 is 10.0 Å². The number of piperidine rings is 1. The summed E-state index contributed by atoms with van der Waals surface area (Å²) in [6.45, 7) is 4.54. The summed E-state index contributed by atoms with van der Waals surface area (Å²) in [6.07, 6.45) is 3.26. The Bertz CT molecular complexity index is 815. The molecule has 6 nitrogen and oxygen atoms in total. The molecule has 1 fully saturated rings. The van der Waals surface area contributed by atoms with Gasteiger partial charge in [0, 0.05) is 19.2 Å². The Kier molecular flexibility index (Phi) is 4.66. The van der Waals surface area contributed by atoms with Crippen molar-refractivity contribution in [2.24, 2.45) is 5.92 Å². The molecule has 1 saturated heterocycles. The number of nitrogens with zero attached hydrogens (tertiary/aromatic N) is 3. The molecule has 3 rings (SSSR count). The van der Waals surface area contributed by atoms with Crippen LogP contribution in [0.1, 0.15) is 25.3 Å². The predicted octanol–water partition coefficient (Wildman–Crippen LogP) is 1.32. The highest BCUT2D eigenvalue weighted by atomic mass is 16.3. The van der Waals surface area contributed by atoms with Crippen molar-refractivity contribution in [3.8, 4) is 0 Å². The Morgan fingerprint density at radius 3 is 2.92 bits per heavy atom. The lowest BCUT2D eigenvalue weighted by Gasteiger charge is -2.37. The van der Waals surface area contributed by atoms with Crippen LogP contribution in [-0.4, -0.2) is 44.7 Å². The van der Waals surface area contributed by atoms with Crippen LogP contribution in [0.4, 0.5) is 0 Å². The lowest BCUT2D eigenvalue weighted by molar-refractivity contribution is -0.136. The molecule has 1 aliphatic rings. The van der Waals surface area contributed by atoms with Crippen molar-refractivity contribution in [1.29, 1.82) is 0 Å². The predicted molar refractivity (Wildman–Crippen MR) is 91.7 cm³/mol. The van der Waals surface area contributed by atoms with Crippen molar-refractivity contribution < 1.29 is 9.90 Å². The Balaban J connectivity index is 1.85. The number of carbonyl (C=O) groups is 1. The van der Waals surface area contributed by atoms with Crippen molar-refractivity contribution in [3.05, 3.63) is 40.4 Å². The molecule has 0 saturated carbocycles. The largest absolute Gasteiger partial charge is 0.396 e. The van der Waals surface area contributed by atoms with Gasteiger partial charge in [0.15, 0.2) is 0 Å². The first-order valence-corrected chi connectivity index (χ1v) is 8.36. The van der Waals surface area contributed by atoms with Crippen molar-refractivity contribution in [2.45, 2.75) is 39.3 Å². The van der Waals surface area contributed by atoms with Crippen LogP contribution in [-0.2, 0) is 11.3 Å². The van der Waals surface area contributed by atoms with Gasteiger partial charge in [0.2, 0.25) is 5.91 Å². The fourth-order valence-electron chi connectivity index (χ4n) is 3.37. The van der Waals surface area contributed by atoms with Gasteiger partial charge >= 0.3 is 0 Å². The van der Waals surface area contributed by atoms with Crippen LogP contribution < -0.4 is 5.56 Å². The number of amides is 1. The van der Waals surface area contributed by atoms with Gasteiger partial charge in [-0.25, -0.2) is 4.98 Å². The first-order valence-electron chi connectivity index (χ1n) is 8.36. The van der Waals surface area contributed by atoms with E-state index in [0.717, 1.165) is 18.4 Å². The summed E-state index contributed by atoms with van der Waals surface area (Å²) in [5, 5.41) is 9.88. The molecular weight excluding hydrogens is 306 g/mol. The fourth-order valence-corrected chi connectivity index (χ4v) is 3.37. The average Bonchev–Trinajstić information content (AvgIpc) is 2.58. The minimum atomic E-state index is -0.194. The molecule has 0 spiro atoms. The molecular formula is C18H23N3O3. The molecule has 0 bridgehead atoms. The summed E-state index contributed by atoms with van der Waals surface area (Å²) in [6, 6.07) is 5.61. The molecule has 2 unspecified atom stereocenters. The second-order valence-corrected chi connectivity index (χ2v) is 6.67. The molecule has 1 N–H and O–H groups in total. The standard InChI is InChI=1S/C18H23N3O3/c1-12-4-3-5-15-17(12)19-11-20(18(15)24)9-16(23)21-8-14(10-22)7-6-13(21)2/h3-5,11,13-14,22H,6-10H2,1-2H3. The van der Waals surface area contributed by atoms with Gasteiger partial charge in [-0.05, 0) is 44.2 Å². The summed E-state index contributed by atoms with van der Waals surface area (Å²) in [4.78, 5) is 31.4. The summed E-state index contributed by atoms with van der Waals surface area (Å²) in [5.41, 5.74) is 1.43. The number of aromatic nitrogens is 2. The Hall–Kier alpha value is -2.21. The van der Waals surface area contributed by atoms with Crippen LogP contribution >= 0.6 is 0 Å². The van der Waals surface area contributed by atoms with Crippen LogP contribution in [0.3, 0.4) is 0 Å². The maximum atomic E-state index is 12.7. The molecule has 0 radical (unpaired) electrons. The molecule has 1 aromatic heterocycles. The minimum absolute atomic E-state index is 0.0157. The SMILES string of the molecule is Cc1cccc2c(=O)n(CC(=O)N3CC(CO)CCC3C)cnc12. The fraction of sp³-hybridized carbons (Fsp3) is 0.500. The lowest BCUT2D eigenvalue weighted by Crippen LogP contribution is -2.48. The highest BCUT2D eigenvalue weighted by Gasteiger charge is 2.28. The third kappa shape index (κ3) is 3.06. The van der Waals surface area contributed by atoms with Crippen molar-refractivity contribution in [1.82, 2.24) is 14.5 Å². The van der Waals surface area contributed by atoms with Crippen molar-refractivity contribution in [3.63, 3.8) is 0 Å². The minimum Gasteiger partial charge on any atom is -0.396 e. The van der Waals surface area contributed by atoms with Crippen LogP contribution in [0.2, 0.25) is 0 Å². The average molecular weight is 329 g/mol.